The molecule has 1 saturated heterocycles. The van der Waals surface area contributed by atoms with Crippen LogP contribution in [0.5, 0.6) is 0 Å². The van der Waals surface area contributed by atoms with Gasteiger partial charge in [0.25, 0.3) is 0 Å². The van der Waals surface area contributed by atoms with E-state index in [0.717, 1.165) is 25.8 Å². The van der Waals surface area contributed by atoms with Gasteiger partial charge in [-0.3, -0.25) is 4.79 Å². The van der Waals surface area contributed by atoms with Gasteiger partial charge < -0.3 is 16.2 Å². The van der Waals surface area contributed by atoms with Crippen molar-refractivity contribution in [2.75, 3.05) is 6.54 Å². The molecule has 64 valence electrons. The number of piperidine rings is 1. The van der Waals surface area contributed by atoms with Gasteiger partial charge in [-0.1, -0.05) is 0 Å². The number of carbonyl (C=O) groups excluding carboxylic acids is 1. The highest BCUT2D eigenvalue weighted by Gasteiger charge is 2.04. The van der Waals surface area contributed by atoms with Crippen LogP contribution in [0, 0.1) is 0 Å². The van der Waals surface area contributed by atoms with Crippen molar-refractivity contribution < 1.29 is 14.7 Å². The molecule has 2 amide bonds. The highest BCUT2D eigenvalue weighted by Crippen LogP contribution is 1.98. The van der Waals surface area contributed by atoms with Crippen LogP contribution in [0.3, 0.4) is 0 Å². The topological polar surface area (TPSA) is 92.4 Å². The van der Waals surface area contributed by atoms with E-state index in [0.29, 0.717) is 0 Å². The summed E-state index contributed by atoms with van der Waals surface area (Å²) in [6, 6.07) is 0. The van der Waals surface area contributed by atoms with Crippen LogP contribution in [0.4, 0.5) is 4.79 Å². The Kier molecular flexibility index (Phi) is 4.89. The molecular formula is C6H12N2O3. The van der Waals surface area contributed by atoms with Gasteiger partial charge in [0.2, 0.25) is 5.91 Å². The van der Waals surface area contributed by atoms with Crippen molar-refractivity contribution in [2.45, 2.75) is 19.3 Å². The smallest absolute Gasteiger partial charge is 0.402 e. The van der Waals surface area contributed by atoms with E-state index >= 15 is 0 Å². The maximum Gasteiger partial charge on any atom is 0.402 e. The second-order valence-electron chi connectivity index (χ2n) is 2.15. The van der Waals surface area contributed by atoms with Crippen molar-refractivity contribution in [3.63, 3.8) is 0 Å². The van der Waals surface area contributed by atoms with Crippen LogP contribution in [-0.2, 0) is 4.79 Å². The second-order valence-corrected chi connectivity index (χ2v) is 2.15. The number of primary amides is 1. The Balaban J connectivity index is 0.000000218. The van der Waals surface area contributed by atoms with Crippen molar-refractivity contribution in [1.82, 2.24) is 5.32 Å². The Morgan fingerprint density at radius 1 is 1.55 bits per heavy atom. The van der Waals surface area contributed by atoms with Gasteiger partial charge in [-0.05, 0) is 12.8 Å². The first-order valence-corrected chi connectivity index (χ1v) is 3.38. The van der Waals surface area contributed by atoms with Crippen LogP contribution in [0.25, 0.3) is 0 Å². The van der Waals surface area contributed by atoms with Crippen molar-refractivity contribution in [3.05, 3.63) is 0 Å². The van der Waals surface area contributed by atoms with Gasteiger partial charge in [0.05, 0.1) is 0 Å². The molecule has 0 aliphatic carbocycles. The minimum Gasteiger partial charge on any atom is -0.465 e. The van der Waals surface area contributed by atoms with E-state index in [1.165, 1.54) is 0 Å². The molecule has 0 saturated carbocycles. The summed E-state index contributed by atoms with van der Waals surface area (Å²) in [6.07, 6.45) is 1.64. The van der Waals surface area contributed by atoms with Crippen LogP contribution in [0.15, 0.2) is 0 Å². The van der Waals surface area contributed by atoms with E-state index < -0.39 is 6.09 Å². The molecule has 0 spiro atoms. The summed E-state index contributed by atoms with van der Waals surface area (Å²) in [7, 11) is 0. The zero-order valence-electron chi connectivity index (χ0n) is 6.17. The molecule has 1 aliphatic rings. The Labute approximate surface area is 64.6 Å². The zero-order valence-corrected chi connectivity index (χ0v) is 6.17. The van der Waals surface area contributed by atoms with E-state index in [2.05, 4.69) is 11.1 Å². The van der Waals surface area contributed by atoms with Gasteiger partial charge in [0, 0.05) is 13.0 Å². The van der Waals surface area contributed by atoms with Crippen molar-refractivity contribution >= 4 is 12.0 Å². The number of hydrogen-bond acceptors (Lipinski definition) is 2. The molecule has 1 rings (SSSR count). The number of carbonyl (C=O) groups is 2. The normalized spacial score (nSPS) is 15.8. The van der Waals surface area contributed by atoms with Gasteiger partial charge >= 0.3 is 6.09 Å². The molecule has 0 bridgehead atoms. The molecule has 0 aromatic carbocycles. The summed E-state index contributed by atoms with van der Waals surface area (Å²) in [6.45, 7) is 0.888. The fraction of sp³-hybridized carbons (Fsp3) is 0.667. The summed E-state index contributed by atoms with van der Waals surface area (Å²) < 4.78 is 0. The fourth-order valence-corrected chi connectivity index (χ4v) is 0.727. The summed E-state index contributed by atoms with van der Waals surface area (Å²) in [5.74, 6) is 0.214. The molecule has 0 radical (unpaired) electrons. The SMILES string of the molecule is NC(=O)O.O=C1CCCCN1. The summed E-state index contributed by atoms with van der Waals surface area (Å²) in [5, 5.41) is 9.94. The molecule has 0 atom stereocenters. The highest BCUT2D eigenvalue weighted by atomic mass is 16.4. The standard InChI is InChI=1S/C5H9NO.CH3NO2/c7-5-3-1-2-4-6-5;2-1(3)4/h1-4H2,(H,6,7);2H2,(H,3,4). The third-order valence-electron chi connectivity index (χ3n) is 1.15. The average Bonchev–Trinajstić information content (AvgIpc) is 1.87. The Bertz CT molecular complexity index is 135. The van der Waals surface area contributed by atoms with E-state index in [1.807, 2.05) is 0 Å². The van der Waals surface area contributed by atoms with Crippen LogP contribution in [0.2, 0.25) is 0 Å². The maximum atomic E-state index is 10.4. The summed E-state index contributed by atoms with van der Waals surface area (Å²) in [5.41, 5.74) is 4.03. The quantitative estimate of drug-likeness (QED) is 0.462. The van der Waals surface area contributed by atoms with Crippen LogP contribution in [-0.4, -0.2) is 23.7 Å². The molecule has 11 heavy (non-hydrogen) atoms. The predicted molar refractivity (Wildman–Crippen MR) is 39.1 cm³/mol. The zero-order chi connectivity index (χ0) is 8.69. The van der Waals surface area contributed by atoms with Crippen LogP contribution in [0.1, 0.15) is 19.3 Å². The number of amides is 2. The minimum absolute atomic E-state index is 0.214. The van der Waals surface area contributed by atoms with Gasteiger partial charge in [-0.2, -0.15) is 0 Å². The van der Waals surface area contributed by atoms with Gasteiger partial charge in [0.1, 0.15) is 0 Å². The monoisotopic (exact) mass is 160 g/mol. The molecule has 0 unspecified atom stereocenters. The molecule has 1 fully saturated rings. The molecule has 4 N–H and O–H groups in total. The first kappa shape index (κ1) is 9.74. The number of rotatable bonds is 0. The Morgan fingerprint density at radius 3 is 2.27 bits per heavy atom. The molecular weight excluding hydrogens is 148 g/mol. The number of nitrogens with one attached hydrogen (secondary N) is 1. The van der Waals surface area contributed by atoms with Crippen LogP contribution >= 0.6 is 0 Å². The molecule has 1 aliphatic heterocycles. The maximum absolute atomic E-state index is 10.4. The highest BCUT2D eigenvalue weighted by molar-refractivity contribution is 5.76. The third kappa shape index (κ3) is 8.74. The van der Waals surface area contributed by atoms with E-state index in [-0.39, 0.29) is 5.91 Å². The first-order valence-electron chi connectivity index (χ1n) is 3.38. The van der Waals surface area contributed by atoms with E-state index in [4.69, 9.17) is 9.90 Å². The molecule has 5 heteroatoms. The lowest BCUT2D eigenvalue weighted by atomic mass is 10.2. The average molecular weight is 160 g/mol. The van der Waals surface area contributed by atoms with E-state index in [9.17, 15) is 4.79 Å². The lowest BCUT2D eigenvalue weighted by molar-refractivity contribution is -0.122. The van der Waals surface area contributed by atoms with Crippen LogP contribution < -0.4 is 11.1 Å². The minimum atomic E-state index is -1.33. The van der Waals surface area contributed by atoms with E-state index in [1.54, 1.807) is 0 Å². The molecule has 5 nitrogen and oxygen atoms in total. The number of hydrogen-bond donors (Lipinski definition) is 3. The molecule has 0 aromatic rings. The number of nitrogens with two attached hydrogens (primary N) is 1. The van der Waals surface area contributed by atoms with Gasteiger partial charge in [0.15, 0.2) is 0 Å². The lowest BCUT2D eigenvalue weighted by Crippen LogP contribution is -2.28. The second kappa shape index (κ2) is 5.52. The molecule has 1 heterocycles. The Hall–Kier alpha value is -1.26. The molecule has 0 aromatic heterocycles. The van der Waals surface area contributed by atoms with Crippen molar-refractivity contribution in [2.24, 2.45) is 5.73 Å². The third-order valence-corrected chi connectivity index (χ3v) is 1.15. The predicted octanol–water partition coefficient (Wildman–Crippen LogP) is -0.0904. The largest absolute Gasteiger partial charge is 0.465 e. The number of carboxylic acid groups (broad SMARTS) is 1. The van der Waals surface area contributed by atoms with Gasteiger partial charge in [-0.15, -0.1) is 0 Å². The van der Waals surface area contributed by atoms with Crippen molar-refractivity contribution in [3.8, 4) is 0 Å². The van der Waals surface area contributed by atoms with Gasteiger partial charge in [-0.25, -0.2) is 4.79 Å². The summed E-state index contributed by atoms with van der Waals surface area (Å²) in [4.78, 5) is 19.1. The Morgan fingerprint density at radius 2 is 2.09 bits per heavy atom. The summed E-state index contributed by atoms with van der Waals surface area (Å²) >= 11 is 0. The fourth-order valence-electron chi connectivity index (χ4n) is 0.727. The lowest BCUT2D eigenvalue weighted by Gasteiger charge is -2.08. The first-order chi connectivity index (χ1) is 5.13. The van der Waals surface area contributed by atoms with Crippen molar-refractivity contribution in [1.29, 1.82) is 0 Å².